The summed E-state index contributed by atoms with van der Waals surface area (Å²) >= 11 is 0. The zero-order chi connectivity index (χ0) is 24.6. The number of rotatable bonds is 5. The van der Waals surface area contributed by atoms with Crippen LogP contribution in [0.15, 0.2) is 40.2 Å². The van der Waals surface area contributed by atoms with Gasteiger partial charge in [-0.05, 0) is 18.2 Å². The van der Waals surface area contributed by atoms with Crippen LogP contribution in [-0.2, 0) is 18.6 Å². The molecule has 172 valence electrons. The molecule has 0 radical (unpaired) electrons. The van der Waals surface area contributed by atoms with Gasteiger partial charge in [-0.2, -0.15) is 32.3 Å². The Morgan fingerprint density at radius 1 is 1.21 bits per heavy atom. The summed E-state index contributed by atoms with van der Waals surface area (Å²) in [6.07, 6.45) is -4.76. The summed E-state index contributed by atoms with van der Waals surface area (Å²) in [4.78, 5) is 27.8. The maximum Gasteiger partial charge on any atom is 0.437 e. The molecular weight excluding hydrogens is 460 g/mol. The second kappa shape index (κ2) is 8.41. The van der Waals surface area contributed by atoms with Gasteiger partial charge in [-0.15, -0.1) is 0 Å². The van der Waals surface area contributed by atoms with Crippen LogP contribution in [0, 0.1) is 17.1 Å². The number of halogens is 6. The van der Waals surface area contributed by atoms with Crippen LogP contribution in [0.3, 0.4) is 0 Å². The lowest BCUT2D eigenvalue weighted by molar-refractivity contribution is -0.142. The smallest absolute Gasteiger partial charge is 0.437 e. The van der Waals surface area contributed by atoms with Gasteiger partial charge in [0, 0.05) is 12.5 Å². The number of nitrogens with zero attached hydrogens (tertiary/aromatic N) is 4. The fourth-order valence-electron chi connectivity index (χ4n) is 2.63. The first-order valence-corrected chi connectivity index (χ1v) is 8.83. The van der Waals surface area contributed by atoms with E-state index in [4.69, 9.17) is 10.00 Å². The molecule has 1 aromatic carbocycles. The number of benzene rings is 1. The monoisotopic (exact) mass is 471 g/mol. The molecule has 2 aromatic heterocycles. The standard InChI is InChI=1S/C19H11F6N5O3/c1-18(21,22)12-5-10(16(31)29-28-12)7-30-8-27-15(19(23,24)25)14(17(30)32)33-11-4-2-3-9(6-26)13(11)20/h2-5,8H,7H2,1H3,(H,29,31). The Morgan fingerprint density at radius 2 is 1.91 bits per heavy atom. The van der Waals surface area contributed by atoms with Crippen LogP contribution in [0.25, 0.3) is 0 Å². The second-order valence-electron chi connectivity index (χ2n) is 6.68. The topological polar surface area (TPSA) is 114 Å². The van der Waals surface area contributed by atoms with Gasteiger partial charge in [-0.1, -0.05) is 6.07 Å². The van der Waals surface area contributed by atoms with Crippen LogP contribution >= 0.6 is 0 Å². The van der Waals surface area contributed by atoms with Crippen molar-refractivity contribution in [2.24, 2.45) is 0 Å². The molecule has 3 rings (SSSR count). The third-order valence-corrected chi connectivity index (χ3v) is 4.23. The maximum atomic E-state index is 14.3. The third kappa shape index (κ3) is 4.86. The second-order valence-corrected chi connectivity index (χ2v) is 6.68. The number of alkyl halides is 5. The van der Waals surface area contributed by atoms with E-state index in [1.807, 2.05) is 5.10 Å². The predicted molar refractivity (Wildman–Crippen MR) is 98.2 cm³/mol. The molecule has 0 aliphatic carbocycles. The maximum absolute atomic E-state index is 14.3. The lowest BCUT2D eigenvalue weighted by atomic mass is 10.2. The quantitative estimate of drug-likeness (QED) is 0.572. The van der Waals surface area contributed by atoms with Gasteiger partial charge in [0.1, 0.15) is 11.8 Å². The average molecular weight is 471 g/mol. The predicted octanol–water partition coefficient (Wildman–Crippen LogP) is 3.31. The van der Waals surface area contributed by atoms with Gasteiger partial charge in [0.2, 0.25) is 5.75 Å². The third-order valence-electron chi connectivity index (χ3n) is 4.23. The van der Waals surface area contributed by atoms with Crippen molar-refractivity contribution >= 4 is 0 Å². The number of ether oxygens (including phenoxy) is 1. The van der Waals surface area contributed by atoms with Crippen molar-refractivity contribution in [1.29, 1.82) is 5.26 Å². The highest BCUT2D eigenvalue weighted by molar-refractivity contribution is 5.41. The highest BCUT2D eigenvalue weighted by atomic mass is 19.4. The van der Waals surface area contributed by atoms with Crippen LogP contribution < -0.4 is 15.9 Å². The first kappa shape index (κ1) is 23.5. The van der Waals surface area contributed by atoms with E-state index in [2.05, 4.69) is 10.1 Å². The number of aromatic amines is 1. The largest absolute Gasteiger partial charge is 0.446 e. The molecule has 3 aromatic rings. The first-order valence-electron chi connectivity index (χ1n) is 8.83. The van der Waals surface area contributed by atoms with Crippen LogP contribution in [0.1, 0.15) is 29.4 Å². The summed E-state index contributed by atoms with van der Waals surface area (Å²) in [5.74, 6) is -7.07. The highest BCUT2D eigenvalue weighted by Gasteiger charge is 2.39. The Kier molecular flexibility index (Phi) is 5.99. The van der Waals surface area contributed by atoms with Crippen LogP contribution in [0.2, 0.25) is 0 Å². The van der Waals surface area contributed by atoms with E-state index in [1.165, 1.54) is 6.07 Å². The van der Waals surface area contributed by atoms with Crippen molar-refractivity contribution < 1.29 is 31.1 Å². The number of hydrogen-bond acceptors (Lipinski definition) is 6. The van der Waals surface area contributed by atoms with Gasteiger partial charge in [0.15, 0.2) is 17.3 Å². The van der Waals surface area contributed by atoms with Crippen molar-refractivity contribution in [1.82, 2.24) is 19.7 Å². The molecule has 0 atom stereocenters. The molecule has 1 N–H and O–H groups in total. The first-order chi connectivity index (χ1) is 15.3. The van der Waals surface area contributed by atoms with Gasteiger partial charge in [-0.3, -0.25) is 14.2 Å². The normalized spacial score (nSPS) is 11.8. The Bertz CT molecular complexity index is 1370. The Labute approximate surface area is 179 Å². The molecule has 0 fully saturated rings. The minimum Gasteiger partial charge on any atom is -0.446 e. The fraction of sp³-hybridized carbons (Fsp3) is 0.211. The zero-order valence-corrected chi connectivity index (χ0v) is 16.4. The van der Waals surface area contributed by atoms with Crippen molar-refractivity contribution in [2.45, 2.75) is 25.6 Å². The molecule has 2 heterocycles. The van der Waals surface area contributed by atoms with E-state index in [1.54, 1.807) is 0 Å². The molecular formula is C19H11F6N5O3. The van der Waals surface area contributed by atoms with Gasteiger partial charge in [-0.25, -0.2) is 14.5 Å². The van der Waals surface area contributed by atoms with Gasteiger partial charge >= 0.3 is 6.18 Å². The Hall–Kier alpha value is -4.15. The molecule has 0 spiro atoms. The minimum atomic E-state index is -5.19. The molecule has 0 aliphatic rings. The van der Waals surface area contributed by atoms with E-state index in [9.17, 15) is 35.9 Å². The molecule has 0 saturated carbocycles. The van der Waals surface area contributed by atoms with E-state index in [-0.39, 0.29) is 0 Å². The van der Waals surface area contributed by atoms with Gasteiger partial charge in [0.05, 0.1) is 18.4 Å². The highest BCUT2D eigenvalue weighted by Crippen LogP contribution is 2.35. The molecule has 33 heavy (non-hydrogen) atoms. The van der Waals surface area contributed by atoms with Crippen LogP contribution in [0.5, 0.6) is 11.5 Å². The van der Waals surface area contributed by atoms with Crippen molar-refractivity contribution in [3.63, 3.8) is 0 Å². The fourth-order valence-corrected chi connectivity index (χ4v) is 2.63. The SMILES string of the molecule is CC(F)(F)c1cc(Cn2cnc(C(F)(F)F)c(Oc3cccc(C#N)c3F)c2=O)c(=O)[nH]n1. The number of aromatic nitrogens is 4. The lowest BCUT2D eigenvalue weighted by Gasteiger charge is -2.15. The molecule has 0 aliphatic heterocycles. The summed E-state index contributed by atoms with van der Waals surface area (Å²) < 4.78 is 86.9. The Balaban J connectivity index is 2.13. The Morgan fingerprint density at radius 3 is 2.52 bits per heavy atom. The molecule has 0 saturated heterocycles. The number of H-pyrrole nitrogens is 1. The molecule has 8 nitrogen and oxygen atoms in total. The average Bonchev–Trinajstić information content (AvgIpc) is 2.72. The van der Waals surface area contributed by atoms with Gasteiger partial charge < -0.3 is 4.74 Å². The van der Waals surface area contributed by atoms with Crippen LogP contribution in [-0.4, -0.2) is 19.7 Å². The number of nitriles is 1. The molecule has 14 heteroatoms. The van der Waals surface area contributed by atoms with E-state index >= 15 is 0 Å². The van der Waals surface area contributed by atoms with Crippen molar-refractivity contribution in [3.05, 3.63) is 79.6 Å². The zero-order valence-electron chi connectivity index (χ0n) is 16.4. The molecule has 0 amide bonds. The number of hydrogen-bond donors (Lipinski definition) is 1. The van der Waals surface area contributed by atoms with Gasteiger partial charge in [0.25, 0.3) is 17.0 Å². The minimum absolute atomic E-state index is 0.434. The number of nitrogens with one attached hydrogen (secondary N) is 1. The molecule has 0 unspecified atom stereocenters. The van der Waals surface area contributed by atoms with Crippen LogP contribution in [0.4, 0.5) is 26.3 Å². The summed E-state index contributed by atoms with van der Waals surface area (Å²) in [7, 11) is 0. The summed E-state index contributed by atoms with van der Waals surface area (Å²) in [6.45, 7) is -0.277. The lowest BCUT2D eigenvalue weighted by Crippen LogP contribution is -2.29. The van der Waals surface area contributed by atoms with Crippen molar-refractivity contribution in [3.8, 4) is 17.6 Å². The summed E-state index contributed by atoms with van der Waals surface area (Å²) in [5.41, 5.74) is -6.10. The van der Waals surface area contributed by atoms with E-state index in [0.29, 0.717) is 23.9 Å². The van der Waals surface area contributed by atoms with E-state index in [0.717, 1.165) is 18.2 Å². The molecule has 0 bridgehead atoms. The van der Waals surface area contributed by atoms with E-state index < -0.39 is 69.6 Å². The summed E-state index contributed by atoms with van der Waals surface area (Å²) in [6, 6.07) is 5.18. The van der Waals surface area contributed by atoms with Crippen molar-refractivity contribution in [2.75, 3.05) is 0 Å². The summed E-state index contributed by atoms with van der Waals surface area (Å²) in [5, 5.41) is 13.9.